The molecule has 0 bridgehead atoms. The topological polar surface area (TPSA) is 83.8 Å². The predicted molar refractivity (Wildman–Crippen MR) is 99.8 cm³/mol. The number of fused-ring (bicyclic) bond motifs is 1. The molecule has 7 nitrogen and oxygen atoms in total. The molecule has 0 aliphatic carbocycles. The molecule has 1 fully saturated rings. The second-order valence-corrected chi connectivity index (χ2v) is 6.34. The van der Waals surface area contributed by atoms with E-state index in [-0.39, 0.29) is 43.5 Å². The quantitative estimate of drug-likeness (QED) is 0.707. The van der Waals surface area contributed by atoms with Gasteiger partial charge >= 0.3 is 0 Å². The Labute approximate surface area is 155 Å². The molecular weight excluding hydrogens is 344 g/mol. The van der Waals surface area contributed by atoms with Gasteiger partial charge in [-0.05, 0) is 12.1 Å². The second kappa shape index (κ2) is 7.03. The Hall–Kier alpha value is -3.48. The standard InChI is InChI=1S/C20H18N4O3/c25-16(11-13-24-17(26)9-10-18(24)27)22-20-19(14-6-2-1-3-7-14)21-15-8-4-5-12-23(15)20/h1-8,12H,9-11,13H2,(H,22,25). The summed E-state index contributed by atoms with van der Waals surface area (Å²) >= 11 is 0. The number of pyridine rings is 1. The van der Waals surface area contributed by atoms with Crippen molar-refractivity contribution in [3.8, 4) is 11.3 Å². The molecule has 7 heteroatoms. The molecule has 1 aliphatic heterocycles. The monoisotopic (exact) mass is 362 g/mol. The van der Waals surface area contributed by atoms with Crippen LogP contribution in [0.4, 0.5) is 5.82 Å². The van der Waals surface area contributed by atoms with Crippen LogP contribution in [0.2, 0.25) is 0 Å². The number of aromatic nitrogens is 2. The van der Waals surface area contributed by atoms with Crippen LogP contribution >= 0.6 is 0 Å². The molecule has 1 saturated heterocycles. The molecule has 3 aromatic rings. The number of carbonyl (C=O) groups is 3. The third-order valence-corrected chi connectivity index (χ3v) is 4.55. The largest absolute Gasteiger partial charge is 0.310 e. The first-order chi connectivity index (χ1) is 13.1. The maximum atomic E-state index is 12.5. The summed E-state index contributed by atoms with van der Waals surface area (Å²) in [6.07, 6.45) is 2.33. The van der Waals surface area contributed by atoms with Crippen LogP contribution in [0.1, 0.15) is 19.3 Å². The van der Waals surface area contributed by atoms with Crippen molar-refractivity contribution in [3.63, 3.8) is 0 Å². The minimum absolute atomic E-state index is 0.0474. The van der Waals surface area contributed by atoms with E-state index in [1.807, 2.05) is 59.1 Å². The zero-order valence-electron chi connectivity index (χ0n) is 14.6. The summed E-state index contributed by atoms with van der Waals surface area (Å²) in [5.41, 5.74) is 2.28. The Kier molecular flexibility index (Phi) is 4.42. The van der Waals surface area contributed by atoms with Crippen molar-refractivity contribution in [2.45, 2.75) is 19.3 Å². The number of nitrogens with one attached hydrogen (secondary N) is 1. The Morgan fingerprint density at radius 2 is 1.70 bits per heavy atom. The van der Waals surface area contributed by atoms with E-state index >= 15 is 0 Å². The molecule has 136 valence electrons. The molecule has 27 heavy (non-hydrogen) atoms. The van der Waals surface area contributed by atoms with Gasteiger partial charge in [-0.25, -0.2) is 4.98 Å². The summed E-state index contributed by atoms with van der Waals surface area (Å²) in [4.78, 5) is 41.7. The van der Waals surface area contributed by atoms with E-state index in [2.05, 4.69) is 10.3 Å². The van der Waals surface area contributed by atoms with E-state index in [1.54, 1.807) is 0 Å². The Bertz CT molecular complexity index is 1010. The van der Waals surface area contributed by atoms with Crippen LogP contribution in [0.3, 0.4) is 0 Å². The van der Waals surface area contributed by atoms with E-state index in [0.717, 1.165) is 16.1 Å². The van der Waals surface area contributed by atoms with Gasteiger partial charge in [0.15, 0.2) is 0 Å². The van der Waals surface area contributed by atoms with E-state index in [1.165, 1.54) is 0 Å². The molecule has 0 radical (unpaired) electrons. The fourth-order valence-electron chi connectivity index (χ4n) is 3.19. The van der Waals surface area contributed by atoms with Crippen LogP contribution < -0.4 is 5.32 Å². The lowest BCUT2D eigenvalue weighted by atomic mass is 10.1. The lowest BCUT2D eigenvalue weighted by molar-refractivity contribution is -0.138. The normalized spacial score (nSPS) is 14.1. The highest BCUT2D eigenvalue weighted by atomic mass is 16.2. The average molecular weight is 362 g/mol. The minimum atomic E-state index is -0.273. The van der Waals surface area contributed by atoms with Gasteiger partial charge in [0.05, 0.1) is 0 Å². The van der Waals surface area contributed by atoms with Gasteiger partial charge in [-0.3, -0.25) is 23.7 Å². The minimum Gasteiger partial charge on any atom is -0.310 e. The fraction of sp³-hybridized carbons (Fsp3) is 0.200. The van der Waals surface area contributed by atoms with Gasteiger partial charge < -0.3 is 5.32 Å². The van der Waals surface area contributed by atoms with Crippen molar-refractivity contribution in [1.82, 2.24) is 14.3 Å². The number of anilines is 1. The van der Waals surface area contributed by atoms with Crippen LogP contribution in [0.5, 0.6) is 0 Å². The van der Waals surface area contributed by atoms with Gasteiger partial charge in [0.2, 0.25) is 17.7 Å². The lowest BCUT2D eigenvalue weighted by Crippen LogP contribution is -2.32. The fourth-order valence-corrected chi connectivity index (χ4v) is 3.19. The summed E-state index contributed by atoms with van der Waals surface area (Å²) in [5.74, 6) is -0.133. The van der Waals surface area contributed by atoms with E-state index in [9.17, 15) is 14.4 Å². The Morgan fingerprint density at radius 1 is 1.00 bits per heavy atom. The number of amides is 3. The van der Waals surface area contributed by atoms with Crippen molar-refractivity contribution in [2.75, 3.05) is 11.9 Å². The highest BCUT2D eigenvalue weighted by molar-refractivity contribution is 6.02. The van der Waals surface area contributed by atoms with Crippen molar-refractivity contribution < 1.29 is 14.4 Å². The molecule has 1 aromatic carbocycles. The summed E-state index contributed by atoms with van der Waals surface area (Å²) in [6.45, 7) is 0.0981. The summed E-state index contributed by atoms with van der Waals surface area (Å²) in [6, 6.07) is 15.2. The molecule has 0 unspecified atom stereocenters. The summed E-state index contributed by atoms with van der Waals surface area (Å²) < 4.78 is 1.81. The maximum absolute atomic E-state index is 12.5. The number of rotatable bonds is 5. The molecule has 3 amide bonds. The van der Waals surface area contributed by atoms with Gasteiger partial charge in [0, 0.05) is 37.6 Å². The highest BCUT2D eigenvalue weighted by Crippen LogP contribution is 2.28. The summed E-state index contributed by atoms with van der Waals surface area (Å²) in [7, 11) is 0. The molecule has 2 aromatic heterocycles. The highest BCUT2D eigenvalue weighted by Gasteiger charge is 2.29. The van der Waals surface area contributed by atoms with Crippen LogP contribution in [-0.2, 0) is 14.4 Å². The molecular formula is C20H18N4O3. The Morgan fingerprint density at radius 3 is 2.44 bits per heavy atom. The van der Waals surface area contributed by atoms with Crippen molar-refractivity contribution >= 4 is 29.2 Å². The van der Waals surface area contributed by atoms with Crippen LogP contribution in [-0.4, -0.2) is 38.6 Å². The van der Waals surface area contributed by atoms with Gasteiger partial charge in [0.25, 0.3) is 0 Å². The number of benzene rings is 1. The van der Waals surface area contributed by atoms with Crippen LogP contribution in [0.25, 0.3) is 16.9 Å². The van der Waals surface area contributed by atoms with Gasteiger partial charge in [0.1, 0.15) is 17.2 Å². The number of carbonyl (C=O) groups excluding carboxylic acids is 3. The van der Waals surface area contributed by atoms with Crippen LogP contribution in [0.15, 0.2) is 54.7 Å². The first-order valence-electron chi connectivity index (χ1n) is 8.79. The number of likely N-dealkylation sites (tertiary alicyclic amines) is 1. The third kappa shape index (κ3) is 3.31. The lowest BCUT2D eigenvalue weighted by Gasteiger charge is -2.13. The molecule has 1 aliphatic rings. The first kappa shape index (κ1) is 17.0. The van der Waals surface area contributed by atoms with Crippen molar-refractivity contribution in [1.29, 1.82) is 0 Å². The molecule has 0 atom stereocenters. The Balaban J connectivity index is 1.58. The van der Waals surface area contributed by atoms with Gasteiger partial charge in [-0.2, -0.15) is 0 Å². The predicted octanol–water partition coefficient (Wildman–Crippen LogP) is 2.48. The van der Waals surface area contributed by atoms with Crippen molar-refractivity contribution in [3.05, 3.63) is 54.7 Å². The number of hydrogen-bond donors (Lipinski definition) is 1. The summed E-state index contributed by atoms with van der Waals surface area (Å²) in [5, 5.41) is 2.90. The van der Waals surface area contributed by atoms with E-state index in [4.69, 9.17) is 0 Å². The zero-order valence-corrected chi connectivity index (χ0v) is 14.6. The number of imidazole rings is 1. The number of imide groups is 1. The van der Waals surface area contributed by atoms with Gasteiger partial charge in [-0.15, -0.1) is 0 Å². The molecule has 3 heterocycles. The first-order valence-corrected chi connectivity index (χ1v) is 8.79. The second-order valence-electron chi connectivity index (χ2n) is 6.34. The smallest absolute Gasteiger partial charge is 0.229 e. The van der Waals surface area contributed by atoms with E-state index in [0.29, 0.717) is 11.5 Å². The van der Waals surface area contributed by atoms with Gasteiger partial charge in [-0.1, -0.05) is 36.4 Å². The molecule has 0 saturated carbocycles. The zero-order chi connectivity index (χ0) is 18.8. The molecule has 1 N–H and O–H groups in total. The van der Waals surface area contributed by atoms with Crippen LogP contribution in [0, 0.1) is 0 Å². The third-order valence-electron chi connectivity index (χ3n) is 4.55. The molecule has 0 spiro atoms. The SMILES string of the molecule is O=C(CCN1C(=O)CCC1=O)Nc1c(-c2ccccc2)nc2ccccn12. The molecule has 4 rings (SSSR count). The number of nitrogens with zero attached hydrogens (tertiary/aromatic N) is 3. The number of hydrogen-bond acceptors (Lipinski definition) is 4. The van der Waals surface area contributed by atoms with Crippen molar-refractivity contribution in [2.24, 2.45) is 0 Å². The average Bonchev–Trinajstić information content (AvgIpc) is 3.21. The van der Waals surface area contributed by atoms with E-state index < -0.39 is 0 Å². The maximum Gasteiger partial charge on any atom is 0.229 e.